The van der Waals surface area contributed by atoms with Gasteiger partial charge < -0.3 is 20.3 Å². The first-order valence-corrected chi connectivity index (χ1v) is 9.21. The normalized spacial score (nSPS) is 15.7. The van der Waals surface area contributed by atoms with Crippen molar-refractivity contribution >= 4 is 35.8 Å². The van der Waals surface area contributed by atoms with Gasteiger partial charge in [0.2, 0.25) is 5.91 Å². The summed E-state index contributed by atoms with van der Waals surface area (Å²) < 4.78 is 5.46. The fraction of sp³-hybridized carbons (Fsp3) is 0.600. The van der Waals surface area contributed by atoms with E-state index < -0.39 is 0 Å². The molecule has 2 rings (SSSR count). The van der Waals surface area contributed by atoms with Gasteiger partial charge >= 0.3 is 0 Å². The molecule has 0 aromatic heterocycles. The Morgan fingerprint density at radius 1 is 1.26 bits per heavy atom. The largest absolute Gasteiger partial charge is 0.496 e. The monoisotopic (exact) mass is 488 g/mol. The molecule has 6 nitrogen and oxygen atoms in total. The van der Waals surface area contributed by atoms with Crippen LogP contribution in [0.2, 0.25) is 0 Å². The van der Waals surface area contributed by atoms with Crippen LogP contribution in [-0.2, 0) is 11.3 Å². The molecule has 2 N–H and O–H groups in total. The molecule has 0 aliphatic heterocycles. The topological polar surface area (TPSA) is 66.0 Å². The van der Waals surface area contributed by atoms with Gasteiger partial charge in [0.1, 0.15) is 5.75 Å². The molecule has 7 heteroatoms. The predicted octanol–water partition coefficient (Wildman–Crippen LogP) is 2.94. The summed E-state index contributed by atoms with van der Waals surface area (Å²) in [5.74, 6) is 1.77. The van der Waals surface area contributed by atoms with Gasteiger partial charge in [0, 0.05) is 39.8 Å². The molecular formula is C20H33IN4O2. The number of nitrogens with zero attached hydrogens (tertiary/aromatic N) is 2. The van der Waals surface area contributed by atoms with Gasteiger partial charge in [-0.1, -0.05) is 25.0 Å². The summed E-state index contributed by atoms with van der Waals surface area (Å²) in [5.41, 5.74) is 1.92. The zero-order valence-electron chi connectivity index (χ0n) is 17.1. The standard InChI is InChI=1S/C20H32N4O2.HI/c1-15-8-9-16(17(12-15)26-5)13-22-19(21-2)23-14-20(10-6-7-11-20)18(25)24(3)4;/h8-9,12H,6-7,10-11,13-14H2,1-5H3,(H2,21,22,23);1H. The lowest BCUT2D eigenvalue weighted by Crippen LogP contribution is -2.49. The predicted molar refractivity (Wildman–Crippen MR) is 121 cm³/mol. The third-order valence-electron chi connectivity index (χ3n) is 5.13. The summed E-state index contributed by atoms with van der Waals surface area (Å²) in [7, 11) is 7.09. The van der Waals surface area contributed by atoms with Crippen molar-refractivity contribution < 1.29 is 9.53 Å². The second kappa shape index (κ2) is 10.7. The summed E-state index contributed by atoms with van der Waals surface area (Å²) in [4.78, 5) is 18.7. The average Bonchev–Trinajstić information content (AvgIpc) is 3.11. The quantitative estimate of drug-likeness (QED) is 0.367. The van der Waals surface area contributed by atoms with Crippen LogP contribution < -0.4 is 15.4 Å². The summed E-state index contributed by atoms with van der Waals surface area (Å²) in [5, 5.41) is 6.68. The van der Waals surface area contributed by atoms with E-state index in [0.29, 0.717) is 19.0 Å². The van der Waals surface area contributed by atoms with E-state index >= 15 is 0 Å². The number of aryl methyl sites for hydroxylation is 1. The molecule has 1 aromatic carbocycles. The van der Waals surface area contributed by atoms with Gasteiger partial charge in [-0.15, -0.1) is 24.0 Å². The molecule has 0 atom stereocenters. The number of amides is 1. The maximum absolute atomic E-state index is 12.7. The molecular weight excluding hydrogens is 455 g/mol. The van der Waals surface area contributed by atoms with Crippen LogP contribution in [0.25, 0.3) is 0 Å². The third kappa shape index (κ3) is 5.99. The Balaban J connectivity index is 0.00000364. The van der Waals surface area contributed by atoms with Gasteiger partial charge in [0.05, 0.1) is 12.5 Å². The van der Waals surface area contributed by atoms with Crippen molar-refractivity contribution in [2.24, 2.45) is 10.4 Å². The van der Waals surface area contributed by atoms with E-state index in [1.54, 1.807) is 19.1 Å². The Bertz CT molecular complexity index is 655. The molecule has 0 bridgehead atoms. The van der Waals surface area contributed by atoms with Crippen molar-refractivity contribution in [2.45, 2.75) is 39.2 Å². The number of methoxy groups -OCH3 is 1. The lowest BCUT2D eigenvalue weighted by atomic mass is 9.84. The van der Waals surface area contributed by atoms with E-state index in [1.807, 2.05) is 27.1 Å². The number of aliphatic imine (C=N–C) groups is 1. The van der Waals surface area contributed by atoms with E-state index in [0.717, 1.165) is 37.0 Å². The zero-order chi connectivity index (χ0) is 19.2. The number of guanidine groups is 1. The number of hydrogen-bond donors (Lipinski definition) is 2. The highest BCUT2D eigenvalue weighted by atomic mass is 127. The number of hydrogen-bond acceptors (Lipinski definition) is 3. The molecule has 1 fully saturated rings. The Labute approximate surface area is 180 Å². The van der Waals surface area contributed by atoms with Crippen molar-refractivity contribution in [3.63, 3.8) is 0 Å². The first-order chi connectivity index (χ1) is 12.4. The molecule has 0 heterocycles. The van der Waals surface area contributed by atoms with E-state index in [2.05, 4.69) is 27.8 Å². The van der Waals surface area contributed by atoms with Gasteiger partial charge in [-0.05, 0) is 31.4 Å². The number of ether oxygens (including phenoxy) is 1. The highest BCUT2D eigenvalue weighted by Crippen LogP contribution is 2.38. The van der Waals surface area contributed by atoms with Gasteiger partial charge in [-0.2, -0.15) is 0 Å². The van der Waals surface area contributed by atoms with Gasteiger partial charge in [0.15, 0.2) is 5.96 Å². The Kier molecular flexibility index (Phi) is 9.35. The molecule has 0 saturated heterocycles. The minimum atomic E-state index is -0.317. The fourth-order valence-corrected chi connectivity index (χ4v) is 3.64. The van der Waals surface area contributed by atoms with Crippen molar-refractivity contribution in [1.82, 2.24) is 15.5 Å². The minimum absolute atomic E-state index is 0. The second-order valence-corrected chi connectivity index (χ2v) is 7.28. The molecule has 1 amide bonds. The van der Waals surface area contributed by atoms with Crippen molar-refractivity contribution in [2.75, 3.05) is 34.8 Å². The van der Waals surface area contributed by atoms with Crippen LogP contribution in [-0.4, -0.2) is 51.6 Å². The maximum atomic E-state index is 12.7. The Morgan fingerprint density at radius 3 is 2.48 bits per heavy atom. The van der Waals surface area contributed by atoms with Crippen LogP contribution in [0.3, 0.4) is 0 Å². The van der Waals surface area contributed by atoms with Gasteiger partial charge in [0.25, 0.3) is 0 Å². The molecule has 1 aliphatic carbocycles. The summed E-state index contributed by atoms with van der Waals surface area (Å²) in [6.45, 7) is 3.26. The molecule has 0 unspecified atom stereocenters. The first kappa shape index (κ1) is 23.5. The number of carbonyl (C=O) groups excluding carboxylic acids is 1. The second-order valence-electron chi connectivity index (χ2n) is 7.28. The lowest BCUT2D eigenvalue weighted by Gasteiger charge is -2.31. The van der Waals surface area contributed by atoms with E-state index in [-0.39, 0.29) is 35.3 Å². The van der Waals surface area contributed by atoms with Crippen LogP contribution in [0.1, 0.15) is 36.8 Å². The maximum Gasteiger partial charge on any atom is 0.230 e. The highest BCUT2D eigenvalue weighted by molar-refractivity contribution is 14.0. The minimum Gasteiger partial charge on any atom is -0.496 e. The Hall–Kier alpha value is -1.51. The summed E-state index contributed by atoms with van der Waals surface area (Å²) in [6, 6.07) is 6.15. The van der Waals surface area contributed by atoms with Crippen LogP contribution in [0, 0.1) is 12.3 Å². The van der Waals surface area contributed by atoms with Crippen LogP contribution >= 0.6 is 24.0 Å². The lowest BCUT2D eigenvalue weighted by molar-refractivity contribution is -0.138. The van der Waals surface area contributed by atoms with Crippen molar-refractivity contribution in [3.8, 4) is 5.75 Å². The average molecular weight is 488 g/mol. The van der Waals surface area contributed by atoms with E-state index in [1.165, 1.54) is 5.56 Å². The summed E-state index contributed by atoms with van der Waals surface area (Å²) in [6.07, 6.45) is 4.07. The number of halogens is 1. The molecule has 27 heavy (non-hydrogen) atoms. The fourth-order valence-electron chi connectivity index (χ4n) is 3.64. The van der Waals surface area contributed by atoms with E-state index in [9.17, 15) is 4.79 Å². The smallest absolute Gasteiger partial charge is 0.230 e. The molecule has 1 saturated carbocycles. The molecule has 152 valence electrons. The number of benzene rings is 1. The SMILES string of the molecule is CN=C(NCc1ccc(C)cc1OC)NCC1(C(=O)N(C)C)CCCC1.I. The van der Waals surface area contributed by atoms with Gasteiger partial charge in [-0.3, -0.25) is 9.79 Å². The first-order valence-electron chi connectivity index (χ1n) is 9.21. The van der Waals surface area contributed by atoms with Gasteiger partial charge in [-0.25, -0.2) is 0 Å². The number of nitrogens with one attached hydrogen (secondary N) is 2. The van der Waals surface area contributed by atoms with E-state index in [4.69, 9.17) is 4.74 Å². The highest BCUT2D eigenvalue weighted by Gasteiger charge is 2.42. The number of rotatable bonds is 6. The third-order valence-corrected chi connectivity index (χ3v) is 5.13. The zero-order valence-corrected chi connectivity index (χ0v) is 19.4. The molecule has 1 aliphatic rings. The molecule has 0 radical (unpaired) electrons. The molecule has 0 spiro atoms. The van der Waals surface area contributed by atoms with Crippen molar-refractivity contribution in [3.05, 3.63) is 29.3 Å². The number of carbonyl (C=O) groups is 1. The Morgan fingerprint density at radius 2 is 1.93 bits per heavy atom. The summed E-state index contributed by atoms with van der Waals surface area (Å²) >= 11 is 0. The van der Waals surface area contributed by atoms with Crippen LogP contribution in [0.4, 0.5) is 0 Å². The van der Waals surface area contributed by atoms with Crippen molar-refractivity contribution in [1.29, 1.82) is 0 Å². The van der Waals surface area contributed by atoms with Crippen LogP contribution in [0.5, 0.6) is 5.75 Å². The molecule has 1 aromatic rings. The van der Waals surface area contributed by atoms with Crippen LogP contribution in [0.15, 0.2) is 23.2 Å².